The minimum atomic E-state index is 0.202. The highest BCUT2D eigenvalue weighted by Crippen LogP contribution is 2.34. The Morgan fingerprint density at radius 1 is 1.08 bits per heavy atom. The lowest BCUT2D eigenvalue weighted by Crippen LogP contribution is -1.91. The van der Waals surface area contributed by atoms with E-state index in [1.165, 1.54) is 6.21 Å². The number of oxime groups is 1. The Labute approximate surface area is 154 Å². The Kier molecular flexibility index (Phi) is 5.39. The molecule has 0 fully saturated rings. The zero-order valence-corrected chi connectivity index (χ0v) is 14.5. The number of rotatable bonds is 5. The van der Waals surface area contributed by atoms with Crippen LogP contribution >= 0.6 is 23.2 Å². The van der Waals surface area contributed by atoms with E-state index in [2.05, 4.69) is 11.2 Å². The molecular weight excluding hydrogens is 359 g/mol. The number of nitrogens with zero attached hydrogens (tertiary/aromatic N) is 2. The van der Waals surface area contributed by atoms with E-state index >= 15 is 0 Å². The predicted molar refractivity (Wildman–Crippen MR) is 97.7 cm³/mol. The molecule has 0 radical (unpaired) electrons. The summed E-state index contributed by atoms with van der Waals surface area (Å²) in [4.78, 5) is 5.24. The van der Waals surface area contributed by atoms with E-state index in [0.717, 1.165) is 5.56 Å². The van der Waals surface area contributed by atoms with E-state index < -0.39 is 0 Å². The molecule has 3 aromatic rings. The van der Waals surface area contributed by atoms with Gasteiger partial charge in [0.15, 0.2) is 0 Å². The molecule has 1 heterocycles. The van der Waals surface area contributed by atoms with Crippen molar-refractivity contribution >= 4 is 29.4 Å². The van der Waals surface area contributed by atoms with Crippen molar-refractivity contribution in [1.82, 2.24) is 0 Å². The van der Waals surface area contributed by atoms with Crippen molar-refractivity contribution in [3.8, 4) is 17.4 Å². The maximum Gasteiger partial charge on any atom is 0.149 e. The van der Waals surface area contributed by atoms with Gasteiger partial charge in [-0.3, -0.25) is 0 Å². The normalized spacial score (nSPS) is 10.8. The lowest BCUT2D eigenvalue weighted by molar-refractivity contribution is 0.131. The molecule has 124 valence electrons. The standard InChI is InChI=1S/C19H12Cl2N2O2/c20-17-7-3-6-16(19(17)21)18-9-8-15(25-18)11-23-24-12-14-5-2-1-4-13(14)10-22/h1-9,11H,12H2/b23-11+. The van der Waals surface area contributed by atoms with Gasteiger partial charge in [0.05, 0.1) is 21.7 Å². The molecule has 0 saturated carbocycles. The molecule has 0 aliphatic heterocycles. The quantitative estimate of drug-likeness (QED) is 0.429. The first kappa shape index (κ1) is 17.1. The van der Waals surface area contributed by atoms with Crippen LogP contribution in [-0.4, -0.2) is 6.21 Å². The Hall–Kier alpha value is -2.74. The summed E-state index contributed by atoms with van der Waals surface area (Å²) in [5, 5.41) is 13.8. The van der Waals surface area contributed by atoms with Gasteiger partial charge in [-0.05, 0) is 30.3 Å². The van der Waals surface area contributed by atoms with Gasteiger partial charge in [0.25, 0.3) is 0 Å². The summed E-state index contributed by atoms with van der Waals surface area (Å²) in [6.45, 7) is 0.202. The molecule has 0 spiro atoms. The third-order valence-corrected chi connectivity index (χ3v) is 4.28. The van der Waals surface area contributed by atoms with Crippen molar-refractivity contribution < 1.29 is 9.25 Å². The Balaban J connectivity index is 1.66. The van der Waals surface area contributed by atoms with Crippen molar-refractivity contribution in [2.75, 3.05) is 0 Å². The van der Waals surface area contributed by atoms with Crippen LogP contribution in [0.5, 0.6) is 0 Å². The van der Waals surface area contributed by atoms with Gasteiger partial charge in [-0.15, -0.1) is 0 Å². The second-order valence-electron chi connectivity index (χ2n) is 5.08. The fourth-order valence-corrected chi connectivity index (χ4v) is 2.61. The van der Waals surface area contributed by atoms with Crippen molar-refractivity contribution in [3.63, 3.8) is 0 Å². The monoisotopic (exact) mass is 370 g/mol. The SMILES string of the molecule is N#Cc1ccccc1CO/N=C/c1ccc(-c2cccc(Cl)c2Cl)o1. The number of furan rings is 1. The lowest BCUT2D eigenvalue weighted by Gasteiger charge is -2.02. The second kappa shape index (κ2) is 7.89. The van der Waals surface area contributed by atoms with Crippen LogP contribution < -0.4 is 0 Å². The van der Waals surface area contributed by atoms with E-state index in [1.54, 1.807) is 36.4 Å². The molecule has 2 aromatic carbocycles. The average molecular weight is 371 g/mol. The highest BCUT2D eigenvalue weighted by atomic mass is 35.5. The van der Waals surface area contributed by atoms with E-state index in [0.29, 0.717) is 32.7 Å². The van der Waals surface area contributed by atoms with Crippen LogP contribution in [0.15, 0.2) is 64.2 Å². The number of hydrogen-bond acceptors (Lipinski definition) is 4. The zero-order valence-electron chi connectivity index (χ0n) is 12.9. The van der Waals surface area contributed by atoms with Crippen molar-refractivity contribution in [3.05, 3.63) is 81.5 Å². The summed E-state index contributed by atoms with van der Waals surface area (Å²) in [7, 11) is 0. The Bertz CT molecular complexity index is 958. The fourth-order valence-electron chi connectivity index (χ4n) is 2.21. The topological polar surface area (TPSA) is 58.5 Å². The van der Waals surface area contributed by atoms with Gasteiger partial charge in [0.2, 0.25) is 0 Å². The maximum absolute atomic E-state index is 9.03. The third-order valence-electron chi connectivity index (χ3n) is 3.46. The van der Waals surface area contributed by atoms with Crippen LogP contribution in [0.3, 0.4) is 0 Å². The smallest absolute Gasteiger partial charge is 0.149 e. The van der Waals surface area contributed by atoms with E-state index in [4.69, 9.17) is 37.7 Å². The molecular formula is C19H12Cl2N2O2. The van der Waals surface area contributed by atoms with Gasteiger partial charge >= 0.3 is 0 Å². The fraction of sp³-hybridized carbons (Fsp3) is 0.0526. The van der Waals surface area contributed by atoms with Gasteiger partial charge in [-0.25, -0.2) is 0 Å². The molecule has 0 N–H and O–H groups in total. The summed E-state index contributed by atoms with van der Waals surface area (Å²) in [6, 6.07) is 18.2. The van der Waals surface area contributed by atoms with Crippen molar-refractivity contribution in [1.29, 1.82) is 5.26 Å². The number of benzene rings is 2. The molecule has 25 heavy (non-hydrogen) atoms. The molecule has 0 atom stereocenters. The van der Waals surface area contributed by atoms with Crippen LogP contribution in [0.2, 0.25) is 10.0 Å². The summed E-state index contributed by atoms with van der Waals surface area (Å²) >= 11 is 12.2. The van der Waals surface area contributed by atoms with Gasteiger partial charge < -0.3 is 9.25 Å². The molecule has 0 unspecified atom stereocenters. The van der Waals surface area contributed by atoms with Gasteiger partial charge in [-0.1, -0.05) is 52.6 Å². The summed E-state index contributed by atoms with van der Waals surface area (Å²) in [6.07, 6.45) is 1.46. The van der Waals surface area contributed by atoms with E-state index in [-0.39, 0.29) is 6.61 Å². The molecule has 4 nitrogen and oxygen atoms in total. The first-order valence-electron chi connectivity index (χ1n) is 7.36. The van der Waals surface area contributed by atoms with Gasteiger partial charge in [-0.2, -0.15) is 5.26 Å². The van der Waals surface area contributed by atoms with Crippen LogP contribution in [-0.2, 0) is 11.4 Å². The predicted octanol–water partition coefficient (Wildman–Crippen LogP) is 5.68. The zero-order chi connectivity index (χ0) is 17.6. The Morgan fingerprint density at radius 2 is 1.92 bits per heavy atom. The van der Waals surface area contributed by atoms with Crippen molar-refractivity contribution in [2.45, 2.75) is 6.61 Å². The second-order valence-corrected chi connectivity index (χ2v) is 5.87. The maximum atomic E-state index is 9.03. The largest absolute Gasteiger partial charge is 0.455 e. The number of halogens is 2. The van der Waals surface area contributed by atoms with Gasteiger partial charge in [0, 0.05) is 11.1 Å². The first-order chi connectivity index (χ1) is 12.2. The highest BCUT2D eigenvalue weighted by molar-refractivity contribution is 6.43. The highest BCUT2D eigenvalue weighted by Gasteiger charge is 2.10. The summed E-state index contributed by atoms with van der Waals surface area (Å²) in [5.41, 5.74) is 2.04. The minimum Gasteiger partial charge on any atom is -0.455 e. The molecule has 0 amide bonds. The Morgan fingerprint density at radius 3 is 2.76 bits per heavy atom. The minimum absolute atomic E-state index is 0.202. The lowest BCUT2D eigenvalue weighted by atomic mass is 10.1. The van der Waals surface area contributed by atoms with E-state index in [1.807, 2.05) is 18.2 Å². The number of hydrogen-bond donors (Lipinski definition) is 0. The molecule has 0 bridgehead atoms. The molecule has 0 aliphatic carbocycles. The van der Waals surface area contributed by atoms with Crippen molar-refractivity contribution in [2.24, 2.45) is 5.16 Å². The molecule has 6 heteroatoms. The number of nitriles is 1. The summed E-state index contributed by atoms with van der Waals surface area (Å²) < 4.78 is 5.68. The van der Waals surface area contributed by atoms with Crippen LogP contribution in [0.4, 0.5) is 0 Å². The van der Waals surface area contributed by atoms with E-state index in [9.17, 15) is 0 Å². The van der Waals surface area contributed by atoms with Crippen LogP contribution in [0.25, 0.3) is 11.3 Å². The first-order valence-corrected chi connectivity index (χ1v) is 8.12. The molecule has 0 saturated heterocycles. The molecule has 1 aromatic heterocycles. The van der Waals surface area contributed by atoms with Crippen LogP contribution in [0.1, 0.15) is 16.9 Å². The average Bonchev–Trinajstić information content (AvgIpc) is 3.10. The molecule has 3 rings (SSSR count). The van der Waals surface area contributed by atoms with Crippen LogP contribution in [0, 0.1) is 11.3 Å². The third kappa shape index (κ3) is 4.03. The summed E-state index contributed by atoms with van der Waals surface area (Å²) in [5.74, 6) is 1.10. The molecule has 0 aliphatic rings. The van der Waals surface area contributed by atoms with Gasteiger partial charge in [0.1, 0.15) is 24.3 Å².